The molecule has 1 aliphatic rings. The van der Waals surface area contributed by atoms with Crippen molar-refractivity contribution in [2.24, 2.45) is 0 Å². The predicted octanol–water partition coefficient (Wildman–Crippen LogP) is 1.09. The van der Waals surface area contributed by atoms with Gasteiger partial charge in [0.15, 0.2) is 12.6 Å². The average Bonchev–Trinajstić information content (AvgIpc) is 2.25. The van der Waals surface area contributed by atoms with Crippen LogP contribution in [0.2, 0.25) is 0 Å². The lowest BCUT2D eigenvalue weighted by atomic mass is 10.5. The highest BCUT2D eigenvalue weighted by Crippen LogP contribution is 2.02. The van der Waals surface area contributed by atoms with Gasteiger partial charge in [0.25, 0.3) is 0 Å². The molecule has 0 bridgehead atoms. The maximum Gasteiger partial charge on any atom is 0.176 e. The lowest BCUT2D eigenvalue weighted by Crippen LogP contribution is -2.26. The fourth-order valence-electron chi connectivity index (χ4n) is 1.03. The summed E-state index contributed by atoms with van der Waals surface area (Å²) in [5.74, 6) is 0. The Morgan fingerprint density at radius 3 is 1.21 bits per heavy atom. The molecule has 4 nitrogen and oxygen atoms in total. The molecule has 0 aromatic heterocycles. The lowest BCUT2D eigenvalue weighted by molar-refractivity contribution is -0.187. The SMILES string of the molecule is C=CC1OCCOC(C=C)OCCO1. The van der Waals surface area contributed by atoms with Gasteiger partial charge >= 0.3 is 0 Å². The Morgan fingerprint density at radius 1 is 0.714 bits per heavy atom. The van der Waals surface area contributed by atoms with E-state index in [2.05, 4.69) is 13.2 Å². The smallest absolute Gasteiger partial charge is 0.176 e. The first-order chi connectivity index (χ1) is 6.86. The fourth-order valence-corrected chi connectivity index (χ4v) is 1.03. The van der Waals surface area contributed by atoms with Crippen molar-refractivity contribution >= 4 is 0 Å². The van der Waals surface area contributed by atoms with Crippen molar-refractivity contribution in [2.45, 2.75) is 12.6 Å². The molecule has 0 atom stereocenters. The molecular formula is C10H16O4. The van der Waals surface area contributed by atoms with Crippen molar-refractivity contribution in [2.75, 3.05) is 26.4 Å². The number of hydrogen-bond donors (Lipinski definition) is 0. The van der Waals surface area contributed by atoms with E-state index in [9.17, 15) is 0 Å². The molecule has 0 radical (unpaired) electrons. The first-order valence-corrected chi connectivity index (χ1v) is 4.58. The molecule has 0 N–H and O–H groups in total. The molecule has 1 heterocycles. The molecule has 0 aliphatic carbocycles. The van der Waals surface area contributed by atoms with E-state index in [1.54, 1.807) is 12.2 Å². The molecule has 0 amide bonds. The van der Waals surface area contributed by atoms with Crippen molar-refractivity contribution in [1.29, 1.82) is 0 Å². The Morgan fingerprint density at radius 2 is 1.00 bits per heavy atom. The fraction of sp³-hybridized carbons (Fsp3) is 0.600. The zero-order valence-electron chi connectivity index (χ0n) is 8.19. The van der Waals surface area contributed by atoms with Gasteiger partial charge < -0.3 is 18.9 Å². The second-order valence-corrected chi connectivity index (χ2v) is 2.69. The summed E-state index contributed by atoms with van der Waals surface area (Å²) in [4.78, 5) is 0. The van der Waals surface area contributed by atoms with Crippen molar-refractivity contribution in [3.63, 3.8) is 0 Å². The van der Waals surface area contributed by atoms with Crippen LogP contribution in [0, 0.1) is 0 Å². The Balaban J connectivity index is 2.33. The minimum absolute atomic E-state index is 0.373. The molecule has 0 aromatic rings. The Hall–Kier alpha value is -0.680. The van der Waals surface area contributed by atoms with Gasteiger partial charge in [0, 0.05) is 0 Å². The van der Waals surface area contributed by atoms with Gasteiger partial charge in [-0.25, -0.2) is 0 Å². The van der Waals surface area contributed by atoms with Gasteiger partial charge in [-0.05, 0) is 12.2 Å². The Kier molecular flexibility index (Phi) is 5.47. The molecule has 1 rings (SSSR count). The van der Waals surface area contributed by atoms with Crippen LogP contribution in [0.5, 0.6) is 0 Å². The van der Waals surface area contributed by atoms with E-state index in [1.807, 2.05) is 0 Å². The van der Waals surface area contributed by atoms with Crippen LogP contribution in [0.15, 0.2) is 25.3 Å². The topological polar surface area (TPSA) is 36.9 Å². The third kappa shape index (κ3) is 4.02. The van der Waals surface area contributed by atoms with Crippen LogP contribution >= 0.6 is 0 Å². The van der Waals surface area contributed by atoms with Crippen LogP contribution in [-0.4, -0.2) is 39.0 Å². The zero-order valence-corrected chi connectivity index (χ0v) is 8.19. The van der Waals surface area contributed by atoms with Crippen LogP contribution < -0.4 is 0 Å². The normalized spacial score (nSPS) is 30.6. The van der Waals surface area contributed by atoms with E-state index in [0.29, 0.717) is 26.4 Å². The summed E-state index contributed by atoms with van der Waals surface area (Å²) in [6, 6.07) is 0. The summed E-state index contributed by atoms with van der Waals surface area (Å²) < 4.78 is 21.2. The molecule has 0 spiro atoms. The molecule has 4 heteroatoms. The zero-order chi connectivity index (χ0) is 10.2. The van der Waals surface area contributed by atoms with Crippen LogP contribution in [0.25, 0.3) is 0 Å². The predicted molar refractivity (Wildman–Crippen MR) is 51.8 cm³/mol. The van der Waals surface area contributed by atoms with Crippen molar-refractivity contribution < 1.29 is 18.9 Å². The van der Waals surface area contributed by atoms with E-state index in [1.165, 1.54) is 0 Å². The minimum Gasteiger partial charge on any atom is -0.347 e. The summed E-state index contributed by atoms with van der Waals surface area (Å²) in [5, 5.41) is 0. The van der Waals surface area contributed by atoms with Crippen LogP contribution in [0.1, 0.15) is 0 Å². The molecule has 0 saturated carbocycles. The van der Waals surface area contributed by atoms with Crippen LogP contribution in [0.3, 0.4) is 0 Å². The Bertz CT molecular complexity index is 149. The first kappa shape index (κ1) is 11.4. The number of rotatable bonds is 2. The van der Waals surface area contributed by atoms with Crippen molar-refractivity contribution in [1.82, 2.24) is 0 Å². The van der Waals surface area contributed by atoms with E-state index in [-0.39, 0.29) is 12.6 Å². The standard InChI is InChI=1S/C10H16O4/c1-3-9-11-5-7-13-10(4-2)14-8-6-12-9/h3-4,9-10H,1-2,5-8H2. The highest BCUT2D eigenvalue weighted by atomic mass is 16.7. The molecule has 80 valence electrons. The van der Waals surface area contributed by atoms with Gasteiger partial charge in [0.2, 0.25) is 0 Å². The van der Waals surface area contributed by atoms with Gasteiger partial charge in [-0.2, -0.15) is 0 Å². The quantitative estimate of drug-likeness (QED) is 0.625. The third-order valence-electron chi connectivity index (χ3n) is 1.68. The summed E-state index contributed by atoms with van der Waals surface area (Å²) in [5.41, 5.74) is 0. The highest BCUT2D eigenvalue weighted by Gasteiger charge is 2.10. The number of ether oxygens (including phenoxy) is 4. The molecule has 14 heavy (non-hydrogen) atoms. The maximum absolute atomic E-state index is 5.31. The molecule has 1 fully saturated rings. The van der Waals surface area contributed by atoms with Crippen molar-refractivity contribution in [3.05, 3.63) is 25.3 Å². The van der Waals surface area contributed by atoms with Crippen LogP contribution in [0.4, 0.5) is 0 Å². The first-order valence-electron chi connectivity index (χ1n) is 4.58. The largest absolute Gasteiger partial charge is 0.347 e. The maximum atomic E-state index is 5.31. The second kappa shape index (κ2) is 6.73. The van der Waals surface area contributed by atoms with Gasteiger partial charge in [0.05, 0.1) is 26.4 Å². The monoisotopic (exact) mass is 200 g/mol. The third-order valence-corrected chi connectivity index (χ3v) is 1.68. The Labute approximate surface area is 84.1 Å². The molecule has 0 aromatic carbocycles. The molecule has 0 unspecified atom stereocenters. The van der Waals surface area contributed by atoms with Crippen molar-refractivity contribution in [3.8, 4) is 0 Å². The average molecular weight is 200 g/mol. The summed E-state index contributed by atoms with van der Waals surface area (Å²) in [7, 11) is 0. The van der Waals surface area contributed by atoms with Gasteiger partial charge in [-0.3, -0.25) is 0 Å². The van der Waals surface area contributed by atoms with E-state index in [4.69, 9.17) is 18.9 Å². The van der Waals surface area contributed by atoms with E-state index in [0.717, 1.165) is 0 Å². The minimum atomic E-state index is -0.373. The molecule has 1 saturated heterocycles. The number of hydrogen-bond acceptors (Lipinski definition) is 4. The highest BCUT2D eigenvalue weighted by molar-refractivity contribution is 4.74. The summed E-state index contributed by atoms with van der Waals surface area (Å²) in [6.45, 7) is 8.98. The summed E-state index contributed by atoms with van der Waals surface area (Å²) in [6.07, 6.45) is 2.46. The van der Waals surface area contributed by atoms with Crippen LogP contribution in [-0.2, 0) is 18.9 Å². The molecular weight excluding hydrogens is 184 g/mol. The van der Waals surface area contributed by atoms with Gasteiger partial charge in [0.1, 0.15) is 0 Å². The molecule has 1 aliphatic heterocycles. The van der Waals surface area contributed by atoms with E-state index < -0.39 is 0 Å². The second-order valence-electron chi connectivity index (χ2n) is 2.69. The lowest BCUT2D eigenvalue weighted by Gasteiger charge is -2.20. The van der Waals surface area contributed by atoms with Gasteiger partial charge in [-0.15, -0.1) is 0 Å². The summed E-state index contributed by atoms with van der Waals surface area (Å²) >= 11 is 0. The van der Waals surface area contributed by atoms with E-state index >= 15 is 0 Å². The van der Waals surface area contributed by atoms with Gasteiger partial charge in [-0.1, -0.05) is 13.2 Å².